The molecule has 4 heteroatoms. The quantitative estimate of drug-likeness (QED) is 0.682. The van der Waals surface area contributed by atoms with Gasteiger partial charge in [0.25, 0.3) is 5.56 Å². The minimum Gasteiger partial charge on any atom is -0.328 e. The van der Waals surface area contributed by atoms with Crippen LogP contribution < -0.4 is 5.56 Å². The van der Waals surface area contributed by atoms with Gasteiger partial charge in [0.2, 0.25) is 0 Å². The van der Waals surface area contributed by atoms with Crippen LogP contribution in [0.3, 0.4) is 0 Å². The van der Waals surface area contributed by atoms with E-state index in [9.17, 15) is 4.79 Å². The minimum atomic E-state index is -0.0402. The largest absolute Gasteiger partial charge is 0.328 e. The molecule has 0 amide bonds. The number of halogens is 1. The summed E-state index contributed by atoms with van der Waals surface area (Å²) in [5.41, 5.74) is 1.96. The van der Waals surface area contributed by atoms with Crippen LogP contribution in [0.1, 0.15) is 0 Å². The summed E-state index contributed by atoms with van der Waals surface area (Å²) in [5.74, 6) is 0. The molecule has 0 aliphatic carbocycles. The van der Waals surface area contributed by atoms with Gasteiger partial charge < -0.3 is 9.55 Å². The Morgan fingerprint density at radius 3 is 2.65 bits per heavy atom. The number of nitrogens with zero attached hydrogens (tertiary/aromatic N) is 1. The zero-order valence-corrected chi connectivity index (χ0v) is 11.0. The van der Waals surface area contributed by atoms with Gasteiger partial charge in [-0.25, -0.2) is 0 Å². The molecule has 0 unspecified atom stereocenters. The first-order valence-electron chi connectivity index (χ1n) is 5.21. The van der Waals surface area contributed by atoms with E-state index in [-0.39, 0.29) is 5.56 Å². The predicted octanol–water partition coefficient (Wildman–Crippen LogP) is 2.92. The van der Waals surface area contributed by atoms with Crippen molar-refractivity contribution < 1.29 is 0 Å². The van der Waals surface area contributed by atoms with Crippen LogP contribution in [-0.4, -0.2) is 9.55 Å². The van der Waals surface area contributed by atoms with Gasteiger partial charge in [-0.3, -0.25) is 4.79 Å². The van der Waals surface area contributed by atoms with E-state index in [0.717, 1.165) is 20.2 Å². The summed E-state index contributed by atoms with van der Waals surface area (Å²) in [6.07, 6.45) is 3.66. The molecule has 3 rings (SSSR count). The second-order valence-electron chi connectivity index (χ2n) is 3.75. The van der Waals surface area contributed by atoms with Gasteiger partial charge in [0.1, 0.15) is 0 Å². The predicted molar refractivity (Wildman–Crippen MR) is 76.6 cm³/mol. The number of hydrogen-bond donors (Lipinski definition) is 1. The summed E-state index contributed by atoms with van der Waals surface area (Å²) in [6, 6.07) is 11.9. The number of para-hydroxylation sites is 1. The highest BCUT2D eigenvalue weighted by atomic mass is 127. The van der Waals surface area contributed by atoms with Crippen LogP contribution in [0.15, 0.2) is 53.6 Å². The molecule has 2 heterocycles. The van der Waals surface area contributed by atoms with Crippen LogP contribution in [0, 0.1) is 3.57 Å². The fraction of sp³-hybridized carbons (Fsp3) is 0. The third-order valence-electron chi connectivity index (χ3n) is 2.71. The lowest BCUT2D eigenvalue weighted by Gasteiger charge is -2.03. The minimum absolute atomic E-state index is 0.0402. The third-order valence-corrected chi connectivity index (χ3v) is 3.53. The normalized spacial score (nSPS) is 10.9. The maximum Gasteiger partial charge on any atom is 0.258 e. The van der Waals surface area contributed by atoms with E-state index in [2.05, 4.69) is 27.6 Å². The molecule has 1 aromatic carbocycles. The average molecular weight is 336 g/mol. The van der Waals surface area contributed by atoms with E-state index in [1.807, 2.05) is 47.2 Å². The van der Waals surface area contributed by atoms with Gasteiger partial charge in [0.05, 0.1) is 10.9 Å². The lowest BCUT2D eigenvalue weighted by molar-refractivity contribution is 1.12. The molecular weight excluding hydrogens is 327 g/mol. The van der Waals surface area contributed by atoms with E-state index in [0.29, 0.717) is 0 Å². The first-order chi connectivity index (χ1) is 8.27. The number of H-pyrrole nitrogens is 1. The Morgan fingerprint density at radius 1 is 1.12 bits per heavy atom. The molecule has 0 saturated carbocycles. The molecular formula is C13H9IN2O. The number of rotatable bonds is 1. The molecule has 0 fully saturated rings. The van der Waals surface area contributed by atoms with Crippen LogP contribution in [0.25, 0.3) is 16.6 Å². The van der Waals surface area contributed by atoms with Gasteiger partial charge in [0, 0.05) is 21.7 Å². The number of aromatic amines is 1. The van der Waals surface area contributed by atoms with Gasteiger partial charge in [-0.1, -0.05) is 18.2 Å². The van der Waals surface area contributed by atoms with E-state index < -0.39 is 0 Å². The first-order valence-corrected chi connectivity index (χ1v) is 6.29. The molecule has 0 spiro atoms. The topological polar surface area (TPSA) is 37.8 Å². The number of hydrogen-bond acceptors (Lipinski definition) is 1. The molecule has 84 valence electrons. The van der Waals surface area contributed by atoms with E-state index in [4.69, 9.17) is 0 Å². The van der Waals surface area contributed by atoms with E-state index in [1.54, 1.807) is 6.20 Å². The Kier molecular flexibility index (Phi) is 2.51. The second kappa shape index (κ2) is 4.03. The van der Waals surface area contributed by atoms with E-state index in [1.165, 1.54) is 0 Å². The van der Waals surface area contributed by atoms with Gasteiger partial charge in [-0.15, -0.1) is 0 Å². The third kappa shape index (κ3) is 1.68. The van der Waals surface area contributed by atoms with Crippen molar-refractivity contribution >= 4 is 33.5 Å². The summed E-state index contributed by atoms with van der Waals surface area (Å²) in [6.45, 7) is 0. The summed E-state index contributed by atoms with van der Waals surface area (Å²) in [5, 5.41) is 0.747. The lowest BCUT2D eigenvalue weighted by Crippen LogP contribution is -2.04. The van der Waals surface area contributed by atoms with Crippen LogP contribution in [-0.2, 0) is 0 Å². The highest BCUT2D eigenvalue weighted by molar-refractivity contribution is 14.1. The molecule has 0 atom stereocenters. The molecule has 1 N–H and O–H groups in total. The van der Waals surface area contributed by atoms with E-state index >= 15 is 0 Å². The SMILES string of the molecule is O=c1[nH]ccc2c1c(I)cn2-c1ccccc1. The number of pyridine rings is 1. The Morgan fingerprint density at radius 2 is 1.88 bits per heavy atom. The number of fused-ring (bicyclic) bond motifs is 1. The zero-order valence-electron chi connectivity index (χ0n) is 8.85. The van der Waals surface area contributed by atoms with Crippen LogP contribution in [0.2, 0.25) is 0 Å². The maximum absolute atomic E-state index is 11.8. The molecule has 0 aliphatic rings. The van der Waals surface area contributed by atoms with Crippen molar-refractivity contribution in [3.63, 3.8) is 0 Å². The summed E-state index contributed by atoms with van der Waals surface area (Å²) in [7, 11) is 0. The lowest BCUT2D eigenvalue weighted by atomic mass is 10.3. The molecule has 3 nitrogen and oxygen atoms in total. The van der Waals surface area contributed by atoms with Crippen molar-refractivity contribution in [2.24, 2.45) is 0 Å². The molecule has 17 heavy (non-hydrogen) atoms. The van der Waals surface area contributed by atoms with Crippen molar-refractivity contribution in [1.82, 2.24) is 9.55 Å². The first kappa shape index (κ1) is 10.6. The van der Waals surface area contributed by atoms with Crippen molar-refractivity contribution in [1.29, 1.82) is 0 Å². The van der Waals surface area contributed by atoms with Crippen LogP contribution >= 0.6 is 22.6 Å². The molecule has 0 radical (unpaired) electrons. The van der Waals surface area contributed by atoms with Crippen molar-refractivity contribution in [3.05, 3.63) is 62.7 Å². The fourth-order valence-corrected chi connectivity index (χ4v) is 2.75. The number of nitrogens with one attached hydrogen (secondary N) is 1. The van der Waals surface area contributed by atoms with Gasteiger partial charge in [-0.2, -0.15) is 0 Å². The Hall–Kier alpha value is -1.56. The summed E-state index contributed by atoms with van der Waals surface area (Å²) < 4.78 is 3.00. The monoisotopic (exact) mass is 336 g/mol. The second-order valence-corrected chi connectivity index (χ2v) is 4.91. The molecule has 0 saturated heterocycles. The average Bonchev–Trinajstić information content (AvgIpc) is 2.69. The number of aromatic nitrogens is 2. The molecule has 3 aromatic rings. The standard InChI is InChI=1S/C13H9IN2O/c14-10-8-16(9-4-2-1-3-5-9)11-6-7-15-13(17)12(10)11/h1-8H,(H,15,17). The summed E-state index contributed by atoms with van der Waals surface area (Å²) in [4.78, 5) is 14.5. The fourth-order valence-electron chi connectivity index (χ4n) is 1.95. The number of benzene rings is 1. The molecule has 2 aromatic heterocycles. The van der Waals surface area contributed by atoms with Gasteiger partial charge >= 0.3 is 0 Å². The van der Waals surface area contributed by atoms with Gasteiger partial charge in [-0.05, 0) is 40.8 Å². The summed E-state index contributed by atoms with van der Waals surface area (Å²) >= 11 is 2.19. The molecule has 0 bridgehead atoms. The van der Waals surface area contributed by atoms with Crippen molar-refractivity contribution in [3.8, 4) is 5.69 Å². The highest BCUT2D eigenvalue weighted by Gasteiger charge is 2.10. The zero-order chi connectivity index (χ0) is 11.8. The van der Waals surface area contributed by atoms with Gasteiger partial charge in [0.15, 0.2) is 0 Å². The molecule has 0 aliphatic heterocycles. The van der Waals surface area contributed by atoms with Crippen LogP contribution in [0.4, 0.5) is 0 Å². The van der Waals surface area contributed by atoms with Crippen molar-refractivity contribution in [2.75, 3.05) is 0 Å². The van der Waals surface area contributed by atoms with Crippen LogP contribution in [0.5, 0.6) is 0 Å². The van der Waals surface area contributed by atoms with Crippen molar-refractivity contribution in [2.45, 2.75) is 0 Å². The Balaban J connectivity index is 2.40. The maximum atomic E-state index is 11.8. The Labute approximate surface area is 111 Å². The highest BCUT2D eigenvalue weighted by Crippen LogP contribution is 2.22. The Bertz CT molecular complexity index is 728. The smallest absolute Gasteiger partial charge is 0.258 e.